The van der Waals surface area contributed by atoms with Crippen LogP contribution >= 0.6 is 15.9 Å². The molecule has 1 aliphatic carbocycles. The minimum Gasteiger partial charge on any atom is -0.497 e. The Morgan fingerprint density at radius 1 is 1.21 bits per heavy atom. The molecule has 1 atom stereocenters. The van der Waals surface area contributed by atoms with Crippen LogP contribution in [-0.4, -0.2) is 29.6 Å². The second kappa shape index (κ2) is 6.73. The number of ether oxygens (including phenoxy) is 2. The predicted molar refractivity (Wildman–Crippen MR) is 96.2 cm³/mol. The molecule has 1 fully saturated rings. The lowest BCUT2D eigenvalue weighted by atomic mass is 10.1. The number of methoxy groups -OCH3 is 1. The number of aromatic nitrogens is 1. The highest BCUT2D eigenvalue weighted by Gasteiger charge is 2.36. The molecule has 1 unspecified atom stereocenters. The van der Waals surface area contributed by atoms with Crippen molar-refractivity contribution in [2.75, 3.05) is 13.7 Å². The molecule has 0 spiro atoms. The summed E-state index contributed by atoms with van der Waals surface area (Å²) in [5.74, 6) is 2.52. The van der Waals surface area contributed by atoms with Crippen LogP contribution in [0.15, 0.2) is 41.0 Å². The van der Waals surface area contributed by atoms with Crippen molar-refractivity contribution in [3.05, 3.63) is 52.3 Å². The second-order valence-electron chi connectivity index (χ2n) is 6.59. The summed E-state index contributed by atoms with van der Waals surface area (Å²) in [6.07, 6.45) is 2.83. The van der Waals surface area contributed by atoms with Crippen molar-refractivity contribution in [1.82, 2.24) is 9.88 Å². The Morgan fingerprint density at radius 3 is 2.71 bits per heavy atom. The van der Waals surface area contributed by atoms with Crippen LogP contribution in [0.1, 0.15) is 24.1 Å². The lowest BCUT2D eigenvalue weighted by Crippen LogP contribution is -2.33. The summed E-state index contributed by atoms with van der Waals surface area (Å²) < 4.78 is 12.4. The maximum Gasteiger partial charge on any atom is 0.142 e. The maximum absolute atomic E-state index is 6.30. The first-order chi connectivity index (χ1) is 11.7. The fourth-order valence-corrected chi connectivity index (χ4v) is 3.58. The molecule has 2 aromatic rings. The maximum atomic E-state index is 6.30. The lowest BCUT2D eigenvalue weighted by Gasteiger charge is -2.23. The Labute approximate surface area is 150 Å². The van der Waals surface area contributed by atoms with E-state index in [0.717, 1.165) is 41.4 Å². The summed E-state index contributed by atoms with van der Waals surface area (Å²) >= 11 is 3.48. The number of halogens is 1. The fourth-order valence-electron chi connectivity index (χ4n) is 3.24. The fraction of sp³-hybridized carbons (Fsp3) is 0.421. The van der Waals surface area contributed by atoms with E-state index in [2.05, 4.69) is 37.9 Å². The SMILES string of the molecule is COc1ccc(CN2Cc3nc(Br)ccc3OC(C3CC3)C2)cc1. The van der Waals surface area contributed by atoms with Crippen molar-refractivity contribution in [3.8, 4) is 11.5 Å². The zero-order chi connectivity index (χ0) is 16.5. The van der Waals surface area contributed by atoms with Gasteiger partial charge in [-0.25, -0.2) is 4.98 Å². The van der Waals surface area contributed by atoms with Crippen molar-refractivity contribution in [2.24, 2.45) is 5.92 Å². The molecule has 4 nitrogen and oxygen atoms in total. The molecule has 0 bridgehead atoms. The zero-order valence-corrected chi connectivity index (χ0v) is 15.3. The molecular formula is C19H21BrN2O2. The number of benzene rings is 1. The molecule has 2 aliphatic rings. The molecule has 1 aromatic heterocycles. The normalized spacial score (nSPS) is 20.8. The van der Waals surface area contributed by atoms with E-state index in [1.54, 1.807) is 7.11 Å². The Bertz CT molecular complexity index is 716. The average molecular weight is 389 g/mol. The number of hydrogen-bond acceptors (Lipinski definition) is 4. The van der Waals surface area contributed by atoms with Gasteiger partial charge in [0, 0.05) is 19.6 Å². The van der Waals surface area contributed by atoms with Gasteiger partial charge in [0.2, 0.25) is 0 Å². The molecule has 1 aromatic carbocycles. The Morgan fingerprint density at radius 2 is 2.00 bits per heavy atom. The smallest absolute Gasteiger partial charge is 0.142 e. The standard InChI is InChI=1S/C19H21BrN2O2/c1-23-15-6-2-13(3-7-15)10-22-11-16-17(8-9-19(20)21-16)24-18(12-22)14-4-5-14/h2-3,6-9,14,18H,4-5,10-12H2,1H3. The van der Waals surface area contributed by atoms with Crippen LogP contribution in [0.3, 0.4) is 0 Å². The minimum absolute atomic E-state index is 0.271. The van der Waals surface area contributed by atoms with Gasteiger partial charge in [0.05, 0.1) is 12.8 Å². The van der Waals surface area contributed by atoms with Gasteiger partial charge in [-0.1, -0.05) is 12.1 Å². The molecule has 1 aliphatic heterocycles. The number of fused-ring (bicyclic) bond motifs is 1. The monoisotopic (exact) mass is 388 g/mol. The highest BCUT2D eigenvalue weighted by molar-refractivity contribution is 9.10. The second-order valence-corrected chi connectivity index (χ2v) is 7.40. The van der Waals surface area contributed by atoms with Gasteiger partial charge in [-0.2, -0.15) is 0 Å². The van der Waals surface area contributed by atoms with Crippen molar-refractivity contribution in [1.29, 1.82) is 0 Å². The van der Waals surface area contributed by atoms with E-state index in [9.17, 15) is 0 Å². The highest BCUT2D eigenvalue weighted by atomic mass is 79.9. The van der Waals surface area contributed by atoms with Gasteiger partial charge in [-0.3, -0.25) is 4.90 Å². The van der Waals surface area contributed by atoms with E-state index in [1.165, 1.54) is 18.4 Å². The summed E-state index contributed by atoms with van der Waals surface area (Å²) in [5, 5.41) is 0. The van der Waals surface area contributed by atoms with E-state index in [4.69, 9.17) is 9.47 Å². The molecule has 1 saturated carbocycles. The van der Waals surface area contributed by atoms with Gasteiger partial charge in [-0.05, 0) is 64.5 Å². The van der Waals surface area contributed by atoms with Crippen LogP contribution in [0, 0.1) is 5.92 Å². The highest BCUT2D eigenvalue weighted by Crippen LogP contribution is 2.38. The number of rotatable bonds is 4. The van der Waals surface area contributed by atoms with Crippen LogP contribution in [-0.2, 0) is 13.1 Å². The first-order valence-corrected chi connectivity index (χ1v) is 9.18. The van der Waals surface area contributed by atoms with Crippen molar-refractivity contribution >= 4 is 15.9 Å². The first kappa shape index (κ1) is 15.9. The van der Waals surface area contributed by atoms with Gasteiger partial charge in [0.25, 0.3) is 0 Å². The van der Waals surface area contributed by atoms with E-state index in [1.807, 2.05) is 24.3 Å². The Balaban J connectivity index is 1.56. The third-order valence-corrected chi connectivity index (χ3v) is 5.14. The van der Waals surface area contributed by atoms with Gasteiger partial charge in [0.1, 0.15) is 22.2 Å². The Kier molecular flexibility index (Phi) is 4.46. The third-order valence-electron chi connectivity index (χ3n) is 4.70. The van der Waals surface area contributed by atoms with E-state index >= 15 is 0 Å². The molecule has 0 radical (unpaired) electrons. The van der Waals surface area contributed by atoms with Crippen LogP contribution in [0.5, 0.6) is 11.5 Å². The molecular weight excluding hydrogens is 368 g/mol. The van der Waals surface area contributed by atoms with E-state index in [-0.39, 0.29) is 6.10 Å². The quantitative estimate of drug-likeness (QED) is 0.740. The number of nitrogens with zero attached hydrogens (tertiary/aromatic N) is 2. The lowest BCUT2D eigenvalue weighted by molar-refractivity contribution is 0.125. The molecule has 126 valence electrons. The van der Waals surface area contributed by atoms with Crippen LogP contribution in [0.25, 0.3) is 0 Å². The molecule has 24 heavy (non-hydrogen) atoms. The molecule has 0 saturated heterocycles. The first-order valence-electron chi connectivity index (χ1n) is 8.38. The topological polar surface area (TPSA) is 34.6 Å². The molecule has 0 N–H and O–H groups in total. The van der Waals surface area contributed by atoms with Crippen LogP contribution < -0.4 is 9.47 Å². The van der Waals surface area contributed by atoms with Crippen molar-refractivity contribution in [3.63, 3.8) is 0 Å². The minimum atomic E-state index is 0.271. The largest absolute Gasteiger partial charge is 0.497 e. The molecule has 0 amide bonds. The van der Waals surface area contributed by atoms with Gasteiger partial charge >= 0.3 is 0 Å². The number of hydrogen-bond donors (Lipinski definition) is 0. The van der Waals surface area contributed by atoms with E-state index in [0.29, 0.717) is 5.92 Å². The summed E-state index contributed by atoms with van der Waals surface area (Å²) in [4.78, 5) is 7.08. The third kappa shape index (κ3) is 3.57. The summed E-state index contributed by atoms with van der Waals surface area (Å²) in [5.41, 5.74) is 2.30. The zero-order valence-electron chi connectivity index (χ0n) is 13.7. The predicted octanol–water partition coefficient (Wildman–Crippen LogP) is 4.03. The molecule has 5 heteroatoms. The van der Waals surface area contributed by atoms with Gasteiger partial charge in [-0.15, -0.1) is 0 Å². The molecule has 2 heterocycles. The van der Waals surface area contributed by atoms with Gasteiger partial charge in [0.15, 0.2) is 0 Å². The summed E-state index contributed by atoms with van der Waals surface area (Å²) in [7, 11) is 1.70. The van der Waals surface area contributed by atoms with Gasteiger partial charge < -0.3 is 9.47 Å². The van der Waals surface area contributed by atoms with Crippen molar-refractivity contribution in [2.45, 2.75) is 32.0 Å². The van der Waals surface area contributed by atoms with Crippen molar-refractivity contribution < 1.29 is 9.47 Å². The average Bonchev–Trinajstić information content (AvgIpc) is 3.41. The summed E-state index contributed by atoms with van der Waals surface area (Å²) in [6, 6.07) is 12.3. The Hall–Kier alpha value is -1.59. The summed E-state index contributed by atoms with van der Waals surface area (Å²) in [6.45, 7) is 2.65. The molecule has 4 rings (SSSR count). The number of pyridine rings is 1. The van der Waals surface area contributed by atoms with E-state index < -0.39 is 0 Å². The van der Waals surface area contributed by atoms with Crippen LogP contribution in [0.4, 0.5) is 0 Å². The van der Waals surface area contributed by atoms with Crippen LogP contribution in [0.2, 0.25) is 0 Å².